The third-order valence-electron chi connectivity index (χ3n) is 2.18. The molecule has 0 atom stereocenters. The molecule has 0 aliphatic carbocycles. The zero-order valence-corrected chi connectivity index (χ0v) is 11.7. The SMILES string of the molecule is O=S(=O)(CCCCCl)NCc1cccc(Cl)c1. The Labute approximate surface area is 112 Å². The number of sulfonamides is 1. The monoisotopic (exact) mass is 295 g/mol. The molecule has 0 radical (unpaired) electrons. The van der Waals surface area contributed by atoms with Crippen molar-refractivity contribution in [3.05, 3.63) is 34.9 Å². The number of hydrogen-bond acceptors (Lipinski definition) is 2. The normalized spacial score (nSPS) is 11.6. The second-order valence-corrected chi connectivity index (χ2v) is 6.41. The van der Waals surface area contributed by atoms with Gasteiger partial charge in [0.15, 0.2) is 0 Å². The van der Waals surface area contributed by atoms with Gasteiger partial charge in [-0.2, -0.15) is 0 Å². The number of unbranched alkanes of at least 4 members (excludes halogenated alkanes) is 1. The number of halogens is 2. The van der Waals surface area contributed by atoms with E-state index in [1.807, 2.05) is 6.07 Å². The van der Waals surface area contributed by atoms with Crippen LogP contribution in [-0.4, -0.2) is 20.1 Å². The fourth-order valence-corrected chi connectivity index (χ4v) is 2.82. The van der Waals surface area contributed by atoms with E-state index in [2.05, 4.69) is 4.72 Å². The van der Waals surface area contributed by atoms with E-state index in [4.69, 9.17) is 23.2 Å². The van der Waals surface area contributed by atoms with E-state index in [0.717, 1.165) is 5.56 Å². The second-order valence-electron chi connectivity index (χ2n) is 3.67. The van der Waals surface area contributed by atoms with Gasteiger partial charge >= 0.3 is 0 Å². The molecule has 17 heavy (non-hydrogen) atoms. The molecule has 3 nitrogen and oxygen atoms in total. The predicted molar refractivity (Wildman–Crippen MR) is 72.0 cm³/mol. The summed E-state index contributed by atoms with van der Waals surface area (Å²) in [5, 5.41) is 0.601. The third-order valence-corrected chi connectivity index (χ3v) is 4.09. The highest BCUT2D eigenvalue weighted by Gasteiger charge is 2.09. The minimum absolute atomic E-state index is 0.111. The number of benzene rings is 1. The van der Waals surface area contributed by atoms with Crippen molar-refractivity contribution in [2.75, 3.05) is 11.6 Å². The van der Waals surface area contributed by atoms with Crippen LogP contribution in [0.5, 0.6) is 0 Å². The highest BCUT2D eigenvalue weighted by molar-refractivity contribution is 7.89. The lowest BCUT2D eigenvalue weighted by Crippen LogP contribution is -2.25. The Kier molecular flexibility index (Phi) is 6.27. The van der Waals surface area contributed by atoms with E-state index in [1.165, 1.54) is 0 Å². The Hall–Kier alpha value is -0.290. The molecule has 0 amide bonds. The van der Waals surface area contributed by atoms with Crippen LogP contribution in [0.25, 0.3) is 0 Å². The summed E-state index contributed by atoms with van der Waals surface area (Å²) < 4.78 is 25.7. The maximum Gasteiger partial charge on any atom is 0.211 e. The molecule has 0 aliphatic rings. The molecule has 1 N–H and O–H groups in total. The smallest absolute Gasteiger partial charge is 0.211 e. The quantitative estimate of drug-likeness (QED) is 0.621. The Bertz CT molecular complexity index is 449. The van der Waals surface area contributed by atoms with Gasteiger partial charge in [0.05, 0.1) is 5.75 Å². The average Bonchev–Trinajstić information content (AvgIpc) is 2.27. The van der Waals surface area contributed by atoms with Crippen LogP contribution in [-0.2, 0) is 16.6 Å². The third kappa shape index (κ3) is 6.27. The highest BCUT2D eigenvalue weighted by atomic mass is 35.5. The summed E-state index contributed by atoms with van der Waals surface area (Å²) >= 11 is 11.3. The minimum atomic E-state index is -3.22. The zero-order chi connectivity index (χ0) is 12.7. The number of rotatable bonds is 7. The summed E-state index contributed by atoms with van der Waals surface area (Å²) in [6, 6.07) is 7.11. The van der Waals surface area contributed by atoms with Gasteiger partial charge in [0.1, 0.15) is 0 Å². The second kappa shape index (κ2) is 7.21. The molecule has 0 saturated carbocycles. The van der Waals surface area contributed by atoms with E-state index >= 15 is 0 Å². The Morgan fingerprint density at radius 3 is 2.65 bits per heavy atom. The number of hydrogen-bond donors (Lipinski definition) is 1. The van der Waals surface area contributed by atoms with Gasteiger partial charge in [-0.25, -0.2) is 13.1 Å². The van der Waals surface area contributed by atoms with Crippen molar-refractivity contribution < 1.29 is 8.42 Å². The summed E-state index contributed by atoms with van der Waals surface area (Å²) in [7, 11) is -3.22. The first-order valence-corrected chi connectivity index (χ1v) is 7.88. The summed E-state index contributed by atoms with van der Waals surface area (Å²) in [4.78, 5) is 0. The average molecular weight is 296 g/mol. The van der Waals surface area contributed by atoms with Crippen LogP contribution < -0.4 is 4.72 Å². The molecule has 0 heterocycles. The largest absolute Gasteiger partial charge is 0.212 e. The summed E-state index contributed by atoms with van der Waals surface area (Å²) in [6.45, 7) is 0.268. The van der Waals surface area contributed by atoms with Gasteiger partial charge in [0, 0.05) is 17.4 Å². The molecule has 0 unspecified atom stereocenters. The fraction of sp³-hybridized carbons (Fsp3) is 0.455. The van der Waals surface area contributed by atoms with E-state index in [0.29, 0.717) is 23.7 Å². The molecule has 96 valence electrons. The molecule has 1 rings (SSSR count). The molecule has 1 aromatic carbocycles. The van der Waals surface area contributed by atoms with Gasteiger partial charge in [0.25, 0.3) is 0 Å². The first-order chi connectivity index (χ1) is 8.03. The maximum absolute atomic E-state index is 11.6. The van der Waals surface area contributed by atoms with E-state index < -0.39 is 10.0 Å². The van der Waals surface area contributed by atoms with Gasteiger partial charge in [-0.3, -0.25) is 0 Å². The Balaban J connectivity index is 2.44. The van der Waals surface area contributed by atoms with Crippen molar-refractivity contribution in [3.63, 3.8) is 0 Å². The first-order valence-electron chi connectivity index (χ1n) is 5.31. The Morgan fingerprint density at radius 2 is 2.00 bits per heavy atom. The molecule has 0 spiro atoms. The number of alkyl halides is 1. The molecular weight excluding hydrogens is 281 g/mol. The van der Waals surface area contributed by atoms with Crippen molar-refractivity contribution in [3.8, 4) is 0 Å². The summed E-state index contributed by atoms with van der Waals surface area (Å²) in [6.07, 6.45) is 1.29. The number of nitrogens with one attached hydrogen (secondary N) is 1. The van der Waals surface area contributed by atoms with Crippen molar-refractivity contribution in [1.82, 2.24) is 4.72 Å². The fourth-order valence-electron chi connectivity index (χ4n) is 1.30. The summed E-state index contributed by atoms with van der Waals surface area (Å²) in [5.74, 6) is 0.601. The van der Waals surface area contributed by atoms with Crippen molar-refractivity contribution in [2.45, 2.75) is 19.4 Å². The van der Waals surface area contributed by atoms with Crippen LogP contribution in [0.3, 0.4) is 0 Å². The topological polar surface area (TPSA) is 46.2 Å². The van der Waals surface area contributed by atoms with Crippen LogP contribution in [0.1, 0.15) is 18.4 Å². The molecule has 0 fully saturated rings. The van der Waals surface area contributed by atoms with Gasteiger partial charge in [-0.1, -0.05) is 23.7 Å². The lowest BCUT2D eigenvalue weighted by Gasteiger charge is -2.06. The predicted octanol–water partition coefficient (Wildman–Crippen LogP) is 2.78. The lowest BCUT2D eigenvalue weighted by atomic mass is 10.2. The molecule has 0 aromatic heterocycles. The highest BCUT2D eigenvalue weighted by Crippen LogP contribution is 2.10. The minimum Gasteiger partial charge on any atom is -0.212 e. The van der Waals surface area contributed by atoms with E-state index in [1.54, 1.807) is 18.2 Å². The van der Waals surface area contributed by atoms with Gasteiger partial charge in [-0.05, 0) is 30.5 Å². The first kappa shape index (κ1) is 14.8. The lowest BCUT2D eigenvalue weighted by molar-refractivity contribution is 0.578. The summed E-state index contributed by atoms with van der Waals surface area (Å²) in [5.41, 5.74) is 0.846. The van der Waals surface area contributed by atoms with Crippen LogP contribution in [0.4, 0.5) is 0 Å². The molecular formula is C11H15Cl2NO2S. The van der Waals surface area contributed by atoms with Crippen LogP contribution in [0.15, 0.2) is 24.3 Å². The van der Waals surface area contributed by atoms with Crippen LogP contribution in [0.2, 0.25) is 5.02 Å². The zero-order valence-electron chi connectivity index (χ0n) is 9.33. The molecule has 0 bridgehead atoms. The van der Waals surface area contributed by atoms with E-state index in [-0.39, 0.29) is 12.3 Å². The standard InChI is InChI=1S/C11H15Cl2NO2S/c12-6-1-2-7-17(15,16)14-9-10-4-3-5-11(13)8-10/h3-5,8,14H,1-2,6-7,9H2. The van der Waals surface area contributed by atoms with Gasteiger partial charge in [0.2, 0.25) is 10.0 Å². The van der Waals surface area contributed by atoms with Gasteiger partial charge in [-0.15, -0.1) is 11.6 Å². The van der Waals surface area contributed by atoms with Crippen LogP contribution >= 0.6 is 23.2 Å². The molecule has 1 aromatic rings. The van der Waals surface area contributed by atoms with Crippen LogP contribution in [0, 0.1) is 0 Å². The van der Waals surface area contributed by atoms with Gasteiger partial charge < -0.3 is 0 Å². The van der Waals surface area contributed by atoms with E-state index in [9.17, 15) is 8.42 Å². The molecule has 6 heteroatoms. The van der Waals surface area contributed by atoms with Crippen molar-refractivity contribution >= 4 is 33.2 Å². The maximum atomic E-state index is 11.6. The van der Waals surface area contributed by atoms with Crippen molar-refractivity contribution in [2.24, 2.45) is 0 Å². The van der Waals surface area contributed by atoms with Crippen molar-refractivity contribution in [1.29, 1.82) is 0 Å². The Morgan fingerprint density at radius 1 is 1.24 bits per heavy atom. The molecule has 0 saturated heterocycles. The molecule has 0 aliphatic heterocycles.